The maximum absolute atomic E-state index is 10.5. The lowest BCUT2D eigenvalue weighted by atomic mass is 10.3. The van der Waals surface area contributed by atoms with Crippen molar-refractivity contribution in [2.24, 2.45) is 10.8 Å². The van der Waals surface area contributed by atoms with Gasteiger partial charge in [0.05, 0.1) is 0 Å². The summed E-state index contributed by atoms with van der Waals surface area (Å²) in [7, 11) is 0. The Kier molecular flexibility index (Phi) is 1.89. The van der Waals surface area contributed by atoms with Gasteiger partial charge in [-0.2, -0.15) is 5.10 Å². The molecule has 1 rings (SSSR count). The summed E-state index contributed by atoms with van der Waals surface area (Å²) in [5.41, 5.74) is 5.52. The summed E-state index contributed by atoms with van der Waals surface area (Å²) in [6.45, 7) is 3.67. The zero-order valence-corrected chi connectivity index (χ0v) is 6.00. The number of hydrogen-bond acceptors (Lipinski definition) is 3. The molecule has 1 aliphatic rings. The average Bonchev–Trinajstić information content (AvgIpc) is 2.34. The Hall–Kier alpha value is -1.06. The lowest BCUT2D eigenvalue weighted by Crippen LogP contribution is -2.21. The molecule has 2 N–H and O–H groups in total. The first-order valence-corrected chi connectivity index (χ1v) is 3.36. The molecule has 0 atom stereocenters. The molecule has 1 aliphatic heterocycles. The summed E-state index contributed by atoms with van der Waals surface area (Å²) < 4.78 is 0. The van der Waals surface area contributed by atoms with Gasteiger partial charge in [-0.15, -0.1) is 0 Å². The SMILES string of the molecule is CCN1CCC(C(N)=O)=N1. The maximum Gasteiger partial charge on any atom is 0.264 e. The van der Waals surface area contributed by atoms with Crippen molar-refractivity contribution in [3.63, 3.8) is 0 Å². The van der Waals surface area contributed by atoms with E-state index in [1.165, 1.54) is 0 Å². The molecule has 0 saturated heterocycles. The molecule has 0 aromatic heterocycles. The Bertz CT molecular complexity index is 176. The summed E-state index contributed by atoms with van der Waals surface area (Å²) in [4.78, 5) is 10.5. The average molecular weight is 141 g/mol. The predicted molar refractivity (Wildman–Crippen MR) is 38.5 cm³/mol. The van der Waals surface area contributed by atoms with Crippen molar-refractivity contribution in [3.8, 4) is 0 Å². The first-order chi connectivity index (χ1) is 4.74. The topological polar surface area (TPSA) is 58.7 Å². The molecule has 0 aromatic rings. The third-order valence-corrected chi connectivity index (χ3v) is 1.52. The van der Waals surface area contributed by atoms with Gasteiger partial charge in [0.25, 0.3) is 5.91 Å². The zero-order chi connectivity index (χ0) is 7.56. The van der Waals surface area contributed by atoms with E-state index in [9.17, 15) is 4.79 Å². The van der Waals surface area contributed by atoms with E-state index < -0.39 is 5.91 Å². The molecule has 4 nitrogen and oxygen atoms in total. The number of nitrogens with zero attached hydrogens (tertiary/aromatic N) is 2. The number of rotatable bonds is 2. The highest BCUT2D eigenvalue weighted by Crippen LogP contribution is 2.03. The minimum absolute atomic E-state index is 0.393. The molecule has 0 saturated carbocycles. The van der Waals surface area contributed by atoms with Crippen LogP contribution in [-0.4, -0.2) is 29.7 Å². The van der Waals surface area contributed by atoms with E-state index in [0.29, 0.717) is 12.1 Å². The van der Waals surface area contributed by atoms with Crippen molar-refractivity contribution >= 4 is 11.6 Å². The minimum Gasteiger partial charge on any atom is -0.364 e. The van der Waals surface area contributed by atoms with Crippen LogP contribution in [0, 0.1) is 0 Å². The fourth-order valence-corrected chi connectivity index (χ4v) is 0.907. The molecule has 0 unspecified atom stereocenters. The molecule has 10 heavy (non-hydrogen) atoms. The number of hydrogen-bond donors (Lipinski definition) is 1. The van der Waals surface area contributed by atoms with Gasteiger partial charge in [-0.25, -0.2) is 0 Å². The number of hydrazone groups is 1. The highest BCUT2D eigenvalue weighted by Gasteiger charge is 2.16. The van der Waals surface area contributed by atoms with Gasteiger partial charge in [0, 0.05) is 19.5 Å². The highest BCUT2D eigenvalue weighted by molar-refractivity contribution is 6.38. The standard InChI is InChI=1S/C6H11N3O/c1-2-9-4-3-5(8-9)6(7)10/h2-4H2,1H3,(H2,7,10). The van der Waals surface area contributed by atoms with Gasteiger partial charge in [-0.05, 0) is 6.92 Å². The van der Waals surface area contributed by atoms with Crippen LogP contribution in [0.2, 0.25) is 0 Å². The third kappa shape index (κ3) is 1.26. The van der Waals surface area contributed by atoms with Gasteiger partial charge in [0.2, 0.25) is 0 Å². The number of carbonyl (C=O) groups is 1. The van der Waals surface area contributed by atoms with E-state index in [4.69, 9.17) is 5.73 Å². The van der Waals surface area contributed by atoms with Crippen LogP contribution in [0.5, 0.6) is 0 Å². The molecule has 1 heterocycles. The second kappa shape index (κ2) is 2.68. The van der Waals surface area contributed by atoms with Gasteiger partial charge in [-0.1, -0.05) is 0 Å². The summed E-state index contributed by atoms with van der Waals surface area (Å²) in [5.74, 6) is -0.393. The van der Waals surface area contributed by atoms with E-state index in [0.717, 1.165) is 13.1 Å². The quantitative estimate of drug-likeness (QED) is 0.566. The second-order valence-electron chi connectivity index (χ2n) is 2.21. The predicted octanol–water partition coefficient (Wildman–Crippen LogP) is -0.447. The van der Waals surface area contributed by atoms with Crippen LogP contribution in [0.3, 0.4) is 0 Å². The molecule has 4 heteroatoms. The van der Waals surface area contributed by atoms with Crippen LogP contribution < -0.4 is 5.73 Å². The molecular weight excluding hydrogens is 130 g/mol. The Labute approximate surface area is 59.7 Å². The summed E-state index contributed by atoms with van der Waals surface area (Å²) in [6.07, 6.45) is 0.698. The van der Waals surface area contributed by atoms with Crippen LogP contribution in [-0.2, 0) is 4.79 Å². The molecule has 0 aliphatic carbocycles. The van der Waals surface area contributed by atoms with Crippen LogP contribution in [0.15, 0.2) is 5.10 Å². The van der Waals surface area contributed by atoms with Crippen LogP contribution >= 0.6 is 0 Å². The van der Waals surface area contributed by atoms with E-state index in [-0.39, 0.29) is 0 Å². The van der Waals surface area contributed by atoms with Crippen LogP contribution in [0.25, 0.3) is 0 Å². The van der Waals surface area contributed by atoms with Gasteiger partial charge < -0.3 is 5.73 Å². The lowest BCUT2D eigenvalue weighted by molar-refractivity contribution is -0.112. The Balaban J connectivity index is 2.57. The molecule has 0 spiro atoms. The zero-order valence-electron chi connectivity index (χ0n) is 6.00. The molecule has 0 fully saturated rings. The number of primary amides is 1. The first kappa shape index (κ1) is 7.05. The largest absolute Gasteiger partial charge is 0.364 e. The van der Waals surface area contributed by atoms with Gasteiger partial charge in [0.1, 0.15) is 5.71 Å². The minimum atomic E-state index is -0.393. The van der Waals surface area contributed by atoms with E-state index in [2.05, 4.69) is 5.10 Å². The maximum atomic E-state index is 10.5. The van der Waals surface area contributed by atoms with E-state index >= 15 is 0 Å². The highest BCUT2D eigenvalue weighted by atomic mass is 16.1. The molecule has 0 bridgehead atoms. The smallest absolute Gasteiger partial charge is 0.264 e. The second-order valence-corrected chi connectivity index (χ2v) is 2.21. The van der Waals surface area contributed by atoms with Crippen molar-refractivity contribution in [2.75, 3.05) is 13.1 Å². The molecule has 56 valence electrons. The number of amides is 1. The van der Waals surface area contributed by atoms with Crippen molar-refractivity contribution in [3.05, 3.63) is 0 Å². The molecule has 0 aromatic carbocycles. The monoisotopic (exact) mass is 141 g/mol. The molecule has 0 radical (unpaired) electrons. The fraction of sp³-hybridized carbons (Fsp3) is 0.667. The van der Waals surface area contributed by atoms with Crippen molar-refractivity contribution in [2.45, 2.75) is 13.3 Å². The molecular formula is C6H11N3O. The lowest BCUT2D eigenvalue weighted by Gasteiger charge is -2.07. The van der Waals surface area contributed by atoms with Gasteiger partial charge in [-0.3, -0.25) is 9.80 Å². The van der Waals surface area contributed by atoms with Crippen LogP contribution in [0.1, 0.15) is 13.3 Å². The summed E-state index contributed by atoms with van der Waals surface area (Å²) in [6, 6.07) is 0. The van der Waals surface area contributed by atoms with Crippen molar-refractivity contribution in [1.29, 1.82) is 0 Å². The fourth-order valence-electron chi connectivity index (χ4n) is 0.907. The first-order valence-electron chi connectivity index (χ1n) is 3.36. The Morgan fingerprint density at radius 1 is 1.90 bits per heavy atom. The van der Waals surface area contributed by atoms with Crippen LogP contribution in [0.4, 0.5) is 0 Å². The summed E-state index contributed by atoms with van der Waals surface area (Å²) >= 11 is 0. The number of nitrogens with two attached hydrogens (primary N) is 1. The third-order valence-electron chi connectivity index (χ3n) is 1.52. The van der Waals surface area contributed by atoms with Crippen molar-refractivity contribution < 1.29 is 4.79 Å². The summed E-state index contributed by atoms with van der Waals surface area (Å²) in [5, 5.41) is 5.81. The van der Waals surface area contributed by atoms with Gasteiger partial charge in [0.15, 0.2) is 0 Å². The normalized spacial score (nSPS) is 17.3. The Morgan fingerprint density at radius 3 is 2.90 bits per heavy atom. The Morgan fingerprint density at radius 2 is 2.60 bits per heavy atom. The van der Waals surface area contributed by atoms with E-state index in [1.807, 2.05) is 11.9 Å². The number of carbonyl (C=O) groups excluding carboxylic acids is 1. The van der Waals surface area contributed by atoms with Crippen molar-refractivity contribution in [1.82, 2.24) is 5.01 Å². The van der Waals surface area contributed by atoms with Gasteiger partial charge >= 0.3 is 0 Å². The molecule has 1 amide bonds. The van der Waals surface area contributed by atoms with E-state index in [1.54, 1.807) is 0 Å².